The predicted molar refractivity (Wildman–Crippen MR) is 81.9 cm³/mol. The zero-order chi connectivity index (χ0) is 13.7. The number of nitrogens with one attached hydrogen (secondary N) is 1. The molecule has 1 aromatic rings. The molecule has 1 aromatic carbocycles. The molecule has 106 valence electrons. The lowest BCUT2D eigenvalue weighted by Gasteiger charge is -2.22. The van der Waals surface area contributed by atoms with Crippen molar-refractivity contribution in [3.05, 3.63) is 24.3 Å². The molecule has 1 saturated carbocycles. The van der Waals surface area contributed by atoms with Crippen LogP contribution in [0.5, 0.6) is 5.75 Å². The van der Waals surface area contributed by atoms with Gasteiger partial charge in [-0.1, -0.05) is 25.8 Å². The first-order chi connectivity index (χ1) is 9.19. The van der Waals surface area contributed by atoms with Crippen LogP contribution in [0.1, 0.15) is 52.9 Å². The van der Waals surface area contributed by atoms with E-state index in [0.717, 1.165) is 18.1 Å². The van der Waals surface area contributed by atoms with Crippen molar-refractivity contribution < 1.29 is 4.74 Å². The Morgan fingerprint density at radius 1 is 1.26 bits per heavy atom. The lowest BCUT2D eigenvalue weighted by Crippen LogP contribution is -2.23. The minimum atomic E-state index is 0.280. The van der Waals surface area contributed by atoms with Crippen molar-refractivity contribution in [1.29, 1.82) is 0 Å². The van der Waals surface area contributed by atoms with Crippen molar-refractivity contribution in [3.63, 3.8) is 0 Å². The van der Waals surface area contributed by atoms with E-state index in [2.05, 4.69) is 44.3 Å². The van der Waals surface area contributed by atoms with Crippen LogP contribution in [0.2, 0.25) is 0 Å². The molecule has 2 rings (SSSR count). The standard InChI is InChI=1S/C17H27NO/c1-4-13(2)19-17-11-7-10-16(12-17)18-14(3)15-8-5-6-9-15/h7,10-15,18H,4-6,8-9H2,1-3H3. The quantitative estimate of drug-likeness (QED) is 0.790. The van der Waals surface area contributed by atoms with Crippen molar-refractivity contribution in [2.75, 3.05) is 5.32 Å². The van der Waals surface area contributed by atoms with Crippen molar-refractivity contribution in [2.24, 2.45) is 5.92 Å². The van der Waals surface area contributed by atoms with Gasteiger partial charge in [-0.3, -0.25) is 0 Å². The first-order valence-corrected chi connectivity index (χ1v) is 7.72. The third-order valence-corrected chi connectivity index (χ3v) is 4.25. The second-order valence-electron chi connectivity index (χ2n) is 5.84. The Balaban J connectivity index is 1.94. The normalized spacial score (nSPS) is 19.1. The van der Waals surface area contributed by atoms with Gasteiger partial charge in [-0.2, -0.15) is 0 Å². The topological polar surface area (TPSA) is 21.3 Å². The molecule has 0 radical (unpaired) electrons. The molecule has 0 spiro atoms. The van der Waals surface area contributed by atoms with Crippen LogP contribution in [0.25, 0.3) is 0 Å². The summed E-state index contributed by atoms with van der Waals surface area (Å²) in [5, 5.41) is 3.64. The van der Waals surface area contributed by atoms with Gasteiger partial charge in [0.05, 0.1) is 6.10 Å². The Morgan fingerprint density at radius 2 is 2.00 bits per heavy atom. The van der Waals surface area contributed by atoms with Gasteiger partial charge in [0.15, 0.2) is 0 Å². The van der Waals surface area contributed by atoms with Crippen LogP contribution in [0.3, 0.4) is 0 Å². The van der Waals surface area contributed by atoms with Crippen LogP contribution in [0.4, 0.5) is 5.69 Å². The third-order valence-electron chi connectivity index (χ3n) is 4.25. The van der Waals surface area contributed by atoms with Crippen molar-refractivity contribution in [2.45, 2.75) is 65.0 Å². The van der Waals surface area contributed by atoms with E-state index in [4.69, 9.17) is 4.74 Å². The first kappa shape index (κ1) is 14.2. The Bertz CT molecular complexity index is 385. The van der Waals surface area contributed by atoms with Crippen LogP contribution in [0, 0.1) is 5.92 Å². The SMILES string of the molecule is CCC(C)Oc1cccc(NC(C)C2CCCC2)c1. The maximum Gasteiger partial charge on any atom is 0.121 e. The van der Waals surface area contributed by atoms with E-state index in [1.807, 2.05) is 6.07 Å². The lowest BCUT2D eigenvalue weighted by molar-refractivity contribution is 0.217. The Kier molecular flexibility index (Phi) is 5.12. The number of hydrogen-bond donors (Lipinski definition) is 1. The van der Waals surface area contributed by atoms with Crippen LogP contribution in [-0.4, -0.2) is 12.1 Å². The molecule has 0 amide bonds. The molecule has 1 N–H and O–H groups in total. The van der Waals surface area contributed by atoms with Crippen LogP contribution in [0.15, 0.2) is 24.3 Å². The Hall–Kier alpha value is -1.18. The summed E-state index contributed by atoms with van der Waals surface area (Å²) in [6.45, 7) is 6.56. The van der Waals surface area contributed by atoms with Gasteiger partial charge in [0.1, 0.15) is 5.75 Å². The highest BCUT2D eigenvalue weighted by atomic mass is 16.5. The smallest absolute Gasteiger partial charge is 0.121 e. The molecular weight excluding hydrogens is 234 g/mol. The van der Waals surface area contributed by atoms with Gasteiger partial charge in [-0.15, -0.1) is 0 Å². The fourth-order valence-corrected chi connectivity index (χ4v) is 2.81. The maximum absolute atomic E-state index is 5.87. The third kappa shape index (κ3) is 4.15. The molecule has 2 unspecified atom stereocenters. The van der Waals surface area contributed by atoms with E-state index in [-0.39, 0.29) is 6.10 Å². The summed E-state index contributed by atoms with van der Waals surface area (Å²) in [5.74, 6) is 1.80. The van der Waals surface area contributed by atoms with Gasteiger partial charge in [-0.05, 0) is 51.2 Å². The monoisotopic (exact) mass is 261 g/mol. The summed E-state index contributed by atoms with van der Waals surface area (Å²) in [5.41, 5.74) is 1.18. The average Bonchev–Trinajstić information content (AvgIpc) is 2.93. The largest absolute Gasteiger partial charge is 0.491 e. The molecule has 2 atom stereocenters. The number of rotatable bonds is 6. The molecule has 0 heterocycles. The van der Waals surface area contributed by atoms with E-state index in [1.54, 1.807) is 0 Å². The number of benzene rings is 1. The predicted octanol–water partition coefficient (Wildman–Crippen LogP) is 4.85. The molecule has 0 saturated heterocycles. The Morgan fingerprint density at radius 3 is 2.68 bits per heavy atom. The van der Waals surface area contributed by atoms with Crippen LogP contribution < -0.4 is 10.1 Å². The van der Waals surface area contributed by atoms with Crippen LogP contribution in [-0.2, 0) is 0 Å². The highest BCUT2D eigenvalue weighted by Crippen LogP contribution is 2.30. The summed E-state index contributed by atoms with van der Waals surface area (Å²) in [7, 11) is 0. The summed E-state index contributed by atoms with van der Waals surface area (Å²) >= 11 is 0. The minimum Gasteiger partial charge on any atom is -0.491 e. The van der Waals surface area contributed by atoms with Crippen LogP contribution >= 0.6 is 0 Å². The number of hydrogen-bond acceptors (Lipinski definition) is 2. The van der Waals surface area contributed by atoms with Gasteiger partial charge in [0.2, 0.25) is 0 Å². The van der Waals surface area contributed by atoms with Gasteiger partial charge < -0.3 is 10.1 Å². The van der Waals surface area contributed by atoms with E-state index in [0.29, 0.717) is 6.04 Å². The molecule has 1 aliphatic carbocycles. The van der Waals surface area contributed by atoms with Gasteiger partial charge in [0, 0.05) is 17.8 Å². The van der Waals surface area contributed by atoms with E-state index in [1.165, 1.54) is 31.4 Å². The minimum absolute atomic E-state index is 0.280. The van der Waals surface area contributed by atoms with Gasteiger partial charge in [0.25, 0.3) is 0 Å². The summed E-state index contributed by atoms with van der Waals surface area (Å²) in [6, 6.07) is 8.92. The highest BCUT2D eigenvalue weighted by Gasteiger charge is 2.21. The molecule has 2 nitrogen and oxygen atoms in total. The molecule has 0 bridgehead atoms. The number of anilines is 1. The zero-order valence-electron chi connectivity index (χ0n) is 12.5. The fraction of sp³-hybridized carbons (Fsp3) is 0.647. The average molecular weight is 261 g/mol. The second kappa shape index (κ2) is 6.83. The molecule has 0 aromatic heterocycles. The van der Waals surface area contributed by atoms with Crippen molar-refractivity contribution in [3.8, 4) is 5.75 Å². The fourth-order valence-electron chi connectivity index (χ4n) is 2.81. The molecule has 0 aliphatic heterocycles. The van der Waals surface area contributed by atoms with Crippen molar-refractivity contribution >= 4 is 5.69 Å². The molecule has 2 heteroatoms. The maximum atomic E-state index is 5.87. The summed E-state index contributed by atoms with van der Waals surface area (Å²) < 4.78 is 5.87. The summed E-state index contributed by atoms with van der Waals surface area (Å²) in [6.07, 6.45) is 6.86. The molecule has 19 heavy (non-hydrogen) atoms. The van der Waals surface area contributed by atoms with Crippen molar-refractivity contribution in [1.82, 2.24) is 0 Å². The lowest BCUT2D eigenvalue weighted by atomic mass is 9.99. The summed E-state index contributed by atoms with van der Waals surface area (Å²) in [4.78, 5) is 0. The molecular formula is C17H27NO. The zero-order valence-corrected chi connectivity index (χ0v) is 12.5. The Labute approximate surface area is 117 Å². The first-order valence-electron chi connectivity index (χ1n) is 7.72. The molecule has 1 aliphatic rings. The second-order valence-corrected chi connectivity index (χ2v) is 5.84. The highest BCUT2D eigenvalue weighted by molar-refractivity contribution is 5.48. The van der Waals surface area contributed by atoms with Gasteiger partial charge >= 0.3 is 0 Å². The van der Waals surface area contributed by atoms with Gasteiger partial charge in [-0.25, -0.2) is 0 Å². The van der Waals surface area contributed by atoms with E-state index in [9.17, 15) is 0 Å². The number of ether oxygens (including phenoxy) is 1. The van der Waals surface area contributed by atoms with E-state index < -0.39 is 0 Å². The van der Waals surface area contributed by atoms with E-state index >= 15 is 0 Å². The molecule has 1 fully saturated rings.